The molecule has 0 aliphatic heterocycles. The van der Waals surface area contributed by atoms with E-state index < -0.39 is 42.3 Å². The molecule has 0 amide bonds. The maximum Gasteiger partial charge on any atom is 0.398 e. The fourth-order valence-corrected chi connectivity index (χ4v) is 3.86. The first-order valence-electron chi connectivity index (χ1n) is 10.2. The van der Waals surface area contributed by atoms with Gasteiger partial charge in [-0.2, -0.15) is 17.6 Å². The molecular weight excluding hydrogens is 422 g/mol. The van der Waals surface area contributed by atoms with Gasteiger partial charge in [-0.25, -0.2) is 8.78 Å². The highest BCUT2D eigenvalue weighted by atomic mass is 19.3. The average molecular weight is 446 g/mol. The highest BCUT2D eigenvalue weighted by molar-refractivity contribution is 5.35. The highest BCUT2D eigenvalue weighted by Gasteiger charge is 2.32. The van der Waals surface area contributed by atoms with Gasteiger partial charge in [0.05, 0.1) is 6.42 Å². The number of rotatable bonds is 8. The van der Waals surface area contributed by atoms with Crippen molar-refractivity contribution in [2.75, 3.05) is 0 Å². The van der Waals surface area contributed by atoms with Crippen molar-refractivity contribution in [2.45, 2.75) is 64.1 Å². The highest BCUT2D eigenvalue weighted by Crippen LogP contribution is 2.36. The van der Waals surface area contributed by atoms with E-state index in [1.54, 1.807) is 12.1 Å². The molecule has 0 radical (unpaired) electrons. The van der Waals surface area contributed by atoms with E-state index in [1.165, 1.54) is 18.4 Å². The van der Waals surface area contributed by atoms with Crippen LogP contribution in [-0.4, -0.2) is 12.7 Å². The molecule has 0 unspecified atom stereocenters. The molecule has 0 bridgehead atoms. The third-order valence-electron chi connectivity index (χ3n) is 5.62. The summed E-state index contributed by atoms with van der Waals surface area (Å²) in [6.45, 7) is -1.21. The van der Waals surface area contributed by atoms with Crippen LogP contribution >= 0.6 is 0 Å². The molecule has 1 fully saturated rings. The Bertz CT molecular complexity index is 838. The Hall–Kier alpha value is -2.38. The Kier molecular flexibility index (Phi) is 7.38. The molecule has 1 aliphatic carbocycles. The van der Waals surface area contributed by atoms with E-state index in [1.807, 2.05) is 12.1 Å². The van der Waals surface area contributed by atoms with E-state index in [0.29, 0.717) is 23.6 Å². The number of alkyl halides is 4. The van der Waals surface area contributed by atoms with Crippen LogP contribution in [0.25, 0.3) is 0 Å². The van der Waals surface area contributed by atoms with Gasteiger partial charge >= 0.3 is 12.7 Å². The second kappa shape index (κ2) is 9.83. The van der Waals surface area contributed by atoms with Crippen molar-refractivity contribution in [3.8, 4) is 11.5 Å². The number of aryl methyl sites for hydroxylation is 1. The van der Waals surface area contributed by atoms with Gasteiger partial charge in [0, 0.05) is 12.1 Å². The number of ether oxygens (including phenoxy) is 2. The van der Waals surface area contributed by atoms with Gasteiger partial charge in [0.2, 0.25) is 0 Å². The van der Waals surface area contributed by atoms with Crippen molar-refractivity contribution >= 4 is 0 Å². The van der Waals surface area contributed by atoms with Gasteiger partial charge in [-0.3, -0.25) is 0 Å². The van der Waals surface area contributed by atoms with Crippen molar-refractivity contribution in [1.29, 1.82) is 0 Å². The van der Waals surface area contributed by atoms with Crippen molar-refractivity contribution in [1.82, 2.24) is 0 Å². The van der Waals surface area contributed by atoms with Gasteiger partial charge in [0.15, 0.2) is 17.4 Å². The maximum absolute atomic E-state index is 14.2. The van der Waals surface area contributed by atoms with Gasteiger partial charge in [0.1, 0.15) is 5.75 Å². The molecular formula is C23H24F6O2. The van der Waals surface area contributed by atoms with Crippen LogP contribution in [0.1, 0.15) is 56.1 Å². The molecule has 1 aliphatic rings. The van der Waals surface area contributed by atoms with Crippen LogP contribution in [0.4, 0.5) is 26.3 Å². The molecule has 8 heteroatoms. The summed E-state index contributed by atoms with van der Waals surface area (Å²) in [4.78, 5) is 0. The zero-order valence-electron chi connectivity index (χ0n) is 17.0. The van der Waals surface area contributed by atoms with Crippen molar-refractivity contribution in [3.05, 3.63) is 59.2 Å². The minimum Gasteiger partial charge on any atom is -0.432 e. The lowest BCUT2D eigenvalue weighted by Gasteiger charge is -2.26. The van der Waals surface area contributed by atoms with Gasteiger partial charge in [-0.15, -0.1) is 0 Å². The Balaban J connectivity index is 1.57. The van der Waals surface area contributed by atoms with Crippen LogP contribution in [0, 0.1) is 17.6 Å². The lowest BCUT2D eigenvalue weighted by molar-refractivity contribution is -0.180. The first kappa shape index (κ1) is 23.3. The maximum atomic E-state index is 14.2. The minimum atomic E-state index is -3.71. The van der Waals surface area contributed by atoms with E-state index in [-0.39, 0.29) is 6.42 Å². The topological polar surface area (TPSA) is 18.5 Å². The van der Waals surface area contributed by atoms with Crippen LogP contribution in [0.15, 0.2) is 36.4 Å². The predicted octanol–water partition coefficient (Wildman–Crippen LogP) is 7.46. The molecule has 0 spiro atoms. The van der Waals surface area contributed by atoms with Crippen LogP contribution in [0.3, 0.4) is 0 Å². The summed E-state index contributed by atoms with van der Waals surface area (Å²) >= 11 is 0. The molecule has 31 heavy (non-hydrogen) atoms. The monoisotopic (exact) mass is 446 g/mol. The molecule has 170 valence electrons. The number of halogens is 6. The molecule has 1 saturated carbocycles. The summed E-state index contributed by atoms with van der Waals surface area (Å²) in [5.41, 5.74) is 1.89. The van der Waals surface area contributed by atoms with Gasteiger partial charge in [-0.05, 0) is 42.2 Å². The molecule has 0 saturated heterocycles. The fourth-order valence-electron chi connectivity index (χ4n) is 3.86. The van der Waals surface area contributed by atoms with E-state index in [9.17, 15) is 26.3 Å². The summed E-state index contributed by atoms with van der Waals surface area (Å²) in [6, 6.07) is 8.30. The molecule has 3 rings (SSSR count). The quantitative estimate of drug-likeness (QED) is 0.392. The molecule has 0 heterocycles. The van der Waals surface area contributed by atoms with Crippen molar-refractivity contribution in [3.63, 3.8) is 0 Å². The number of benzene rings is 2. The molecule has 2 nitrogen and oxygen atoms in total. The van der Waals surface area contributed by atoms with E-state index in [0.717, 1.165) is 18.8 Å². The predicted molar refractivity (Wildman–Crippen MR) is 104 cm³/mol. The van der Waals surface area contributed by atoms with Crippen LogP contribution < -0.4 is 9.47 Å². The Labute approximate surface area is 177 Å². The molecule has 0 N–H and O–H groups in total. The smallest absolute Gasteiger partial charge is 0.398 e. The normalized spacial score (nSPS) is 19.5. The van der Waals surface area contributed by atoms with Gasteiger partial charge in [0.25, 0.3) is 0 Å². The standard InChI is InChI=1S/C23H24F6O2/c1-14-2-6-16(7-3-14)17-8-4-15(5-9-17)10-11-23(28,29)31-18-12-19(24)21(20(25)13-18)30-22(26)27/h4-5,8-9,12-14,16,22H,2-3,6-7,10-11H2,1H3. The van der Waals surface area contributed by atoms with Crippen LogP contribution in [-0.2, 0) is 6.42 Å². The van der Waals surface area contributed by atoms with Crippen molar-refractivity contribution < 1.29 is 35.8 Å². The first-order chi connectivity index (χ1) is 14.6. The Morgan fingerprint density at radius 1 is 0.968 bits per heavy atom. The first-order valence-corrected chi connectivity index (χ1v) is 10.2. The number of hydrogen-bond donors (Lipinski definition) is 0. The third-order valence-corrected chi connectivity index (χ3v) is 5.62. The van der Waals surface area contributed by atoms with E-state index in [2.05, 4.69) is 16.4 Å². The molecule has 2 aromatic carbocycles. The van der Waals surface area contributed by atoms with Crippen LogP contribution in [0.2, 0.25) is 0 Å². The summed E-state index contributed by atoms with van der Waals surface area (Å²) in [5, 5.41) is 0. The summed E-state index contributed by atoms with van der Waals surface area (Å²) in [6.07, 6.45) is 0.195. The largest absolute Gasteiger partial charge is 0.432 e. The second-order valence-corrected chi connectivity index (χ2v) is 8.03. The Morgan fingerprint density at radius 2 is 1.55 bits per heavy atom. The van der Waals surface area contributed by atoms with Crippen LogP contribution in [0.5, 0.6) is 11.5 Å². The average Bonchev–Trinajstić information content (AvgIpc) is 2.70. The third kappa shape index (κ3) is 6.55. The minimum absolute atomic E-state index is 0.00742. The zero-order chi connectivity index (χ0) is 22.6. The SMILES string of the molecule is CC1CCC(c2ccc(CCC(F)(F)Oc3cc(F)c(OC(F)F)c(F)c3)cc2)CC1. The van der Waals surface area contributed by atoms with Crippen molar-refractivity contribution in [2.24, 2.45) is 5.92 Å². The Morgan fingerprint density at radius 3 is 2.10 bits per heavy atom. The lowest BCUT2D eigenvalue weighted by Crippen LogP contribution is -2.25. The molecule has 0 aromatic heterocycles. The molecule has 0 atom stereocenters. The van der Waals surface area contributed by atoms with E-state index >= 15 is 0 Å². The zero-order valence-corrected chi connectivity index (χ0v) is 17.0. The second-order valence-electron chi connectivity index (χ2n) is 8.03. The van der Waals surface area contributed by atoms with Gasteiger partial charge < -0.3 is 9.47 Å². The summed E-state index contributed by atoms with van der Waals surface area (Å²) in [7, 11) is 0. The number of hydrogen-bond acceptors (Lipinski definition) is 2. The summed E-state index contributed by atoms with van der Waals surface area (Å²) < 4.78 is 88.1. The summed E-state index contributed by atoms with van der Waals surface area (Å²) in [5.74, 6) is -4.04. The van der Waals surface area contributed by atoms with E-state index in [4.69, 9.17) is 0 Å². The van der Waals surface area contributed by atoms with Gasteiger partial charge in [-0.1, -0.05) is 44.0 Å². The fraction of sp³-hybridized carbons (Fsp3) is 0.478. The molecule has 2 aromatic rings. The lowest BCUT2D eigenvalue weighted by atomic mass is 9.79.